The van der Waals surface area contributed by atoms with Crippen molar-refractivity contribution in [3.63, 3.8) is 0 Å². The summed E-state index contributed by atoms with van der Waals surface area (Å²) in [5.74, 6) is 0.216. The Kier molecular flexibility index (Phi) is 5.54. The molecule has 1 aromatic heterocycles. The zero-order valence-electron chi connectivity index (χ0n) is 17.1. The summed E-state index contributed by atoms with van der Waals surface area (Å²) in [6, 6.07) is 11.4. The van der Waals surface area contributed by atoms with Crippen molar-refractivity contribution in [2.24, 2.45) is 5.41 Å². The van der Waals surface area contributed by atoms with E-state index in [9.17, 15) is 4.79 Å². The maximum Gasteiger partial charge on any atom is 0.228 e. The molecule has 0 aliphatic carbocycles. The summed E-state index contributed by atoms with van der Waals surface area (Å²) in [7, 11) is 0. The number of carbonyl (C=O) groups is 1. The van der Waals surface area contributed by atoms with Gasteiger partial charge in [0.1, 0.15) is 0 Å². The SMILES string of the molecule is CCCN1[C@H]2CC[C@@H]1[C@](Cc1ccccc1)(C(=O)NCc1cncn1CC)C2. The van der Waals surface area contributed by atoms with Crippen LogP contribution in [0.5, 0.6) is 0 Å². The Balaban J connectivity index is 1.57. The molecule has 2 aliphatic rings. The van der Waals surface area contributed by atoms with Crippen LogP contribution in [0.2, 0.25) is 0 Å². The maximum absolute atomic E-state index is 13.6. The molecule has 4 rings (SSSR count). The third-order valence-corrected chi connectivity index (χ3v) is 6.75. The highest BCUT2D eigenvalue weighted by Crippen LogP contribution is 2.51. The van der Waals surface area contributed by atoms with Crippen LogP contribution in [0.3, 0.4) is 0 Å². The molecule has 3 atom stereocenters. The topological polar surface area (TPSA) is 50.2 Å². The molecule has 0 unspecified atom stereocenters. The zero-order chi connectivity index (χ0) is 19.6. The van der Waals surface area contributed by atoms with Gasteiger partial charge in [-0.3, -0.25) is 9.69 Å². The number of rotatable bonds is 8. The maximum atomic E-state index is 13.6. The molecule has 0 spiro atoms. The second-order valence-corrected chi connectivity index (χ2v) is 8.36. The number of nitrogens with zero attached hydrogens (tertiary/aromatic N) is 3. The van der Waals surface area contributed by atoms with Gasteiger partial charge in [0.25, 0.3) is 0 Å². The molecule has 5 nitrogen and oxygen atoms in total. The van der Waals surface area contributed by atoms with Crippen LogP contribution in [-0.4, -0.2) is 39.0 Å². The highest BCUT2D eigenvalue weighted by Gasteiger charge is 2.59. The molecule has 5 heteroatoms. The van der Waals surface area contributed by atoms with Crippen LogP contribution in [0, 0.1) is 5.41 Å². The molecule has 2 bridgehead atoms. The van der Waals surface area contributed by atoms with Crippen molar-refractivity contribution in [1.29, 1.82) is 0 Å². The first-order valence-corrected chi connectivity index (χ1v) is 10.7. The van der Waals surface area contributed by atoms with E-state index in [0.29, 0.717) is 18.6 Å². The number of aromatic nitrogens is 2. The lowest BCUT2D eigenvalue weighted by atomic mass is 9.69. The Hall–Kier alpha value is -2.14. The minimum atomic E-state index is -0.323. The van der Waals surface area contributed by atoms with Crippen molar-refractivity contribution < 1.29 is 4.79 Å². The molecule has 0 saturated carbocycles. The molecule has 2 saturated heterocycles. The lowest BCUT2D eigenvalue weighted by molar-refractivity contribution is -0.133. The van der Waals surface area contributed by atoms with Gasteiger partial charge in [0.15, 0.2) is 0 Å². The van der Waals surface area contributed by atoms with Crippen LogP contribution in [0.15, 0.2) is 42.9 Å². The standard InChI is InChI=1S/C23H32N4O/c1-3-12-27-19-10-11-21(27)23(14-19,13-18-8-6-5-7-9-18)22(28)25-16-20-15-24-17-26(20)4-2/h5-9,15,17,19,21H,3-4,10-14,16H2,1-2H3,(H,25,28)/t19-,21+,23+/m0/s1. The molecular weight excluding hydrogens is 348 g/mol. The molecule has 2 fully saturated rings. The fraction of sp³-hybridized carbons (Fsp3) is 0.565. The van der Waals surface area contributed by atoms with Gasteiger partial charge in [0, 0.05) is 24.8 Å². The van der Waals surface area contributed by atoms with Crippen LogP contribution >= 0.6 is 0 Å². The summed E-state index contributed by atoms with van der Waals surface area (Å²) >= 11 is 0. The van der Waals surface area contributed by atoms with E-state index in [2.05, 4.69) is 57.9 Å². The smallest absolute Gasteiger partial charge is 0.228 e. The predicted octanol–water partition coefficient (Wildman–Crippen LogP) is 3.40. The summed E-state index contributed by atoms with van der Waals surface area (Å²) in [6.07, 6.45) is 9.01. The average Bonchev–Trinajstić information content (AvgIpc) is 3.41. The number of carbonyl (C=O) groups excluding carboxylic acids is 1. The van der Waals surface area contributed by atoms with Gasteiger partial charge >= 0.3 is 0 Å². The Morgan fingerprint density at radius 3 is 2.82 bits per heavy atom. The van der Waals surface area contributed by atoms with Gasteiger partial charge in [-0.25, -0.2) is 4.98 Å². The Labute approximate surface area is 168 Å². The van der Waals surface area contributed by atoms with Gasteiger partial charge in [-0.15, -0.1) is 0 Å². The normalized spacial score (nSPS) is 26.6. The van der Waals surface area contributed by atoms with Crippen LogP contribution in [0.1, 0.15) is 50.8 Å². The van der Waals surface area contributed by atoms with Gasteiger partial charge in [-0.1, -0.05) is 37.3 Å². The third-order valence-electron chi connectivity index (χ3n) is 6.75. The number of amides is 1. The van der Waals surface area contributed by atoms with Gasteiger partial charge < -0.3 is 9.88 Å². The van der Waals surface area contributed by atoms with E-state index in [1.54, 1.807) is 0 Å². The predicted molar refractivity (Wildman–Crippen MR) is 111 cm³/mol. The average molecular weight is 381 g/mol. The Morgan fingerprint density at radius 1 is 1.25 bits per heavy atom. The highest BCUT2D eigenvalue weighted by atomic mass is 16.2. The highest BCUT2D eigenvalue weighted by molar-refractivity contribution is 5.84. The monoisotopic (exact) mass is 380 g/mol. The number of hydrogen-bond donors (Lipinski definition) is 1. The van der Waals surface area contributed by atoms with E-state index < -0.39 is 0 Å². The first-order valence-electron chi connectivity index (χ1n) is 10.7. The van der Waals surface area contributed by atoms with Gasteiger partial charge in [-0.05, 0) is 51.1 Å². The first kappa shape index (κ1) is 19.2. The Morgan fingerprint density at radius 2 is 2.07 bits per heavy atom. The molecule has 2 aliphatic heterocycles. The van der Waals surface area contributed by atoms with Crippen molar-refractivity contribution in [1.82, 2.24) is 19.8 Å². The molecular formula is C23H32N4O. The van der Waals surface area contributed by atoms with E-state index in [0.717, 1.165) is 44.5 Å². The van der Waals surface area contributed by atoms with Crippen molar-refractivity contribution >= 4 is 5.91 Å². The number of benzene rings is 1. The molecule has 28 heavy (non-hydrogen) atoms. The largest absolute Gasteiger partial charge is 0.350 e. The van der Waals surface area contributed by atoms with E-state index in [1.807, 2.05) is 18.6 Å². The van der Waals surface area contributed by atoms with Gasteiger partial charge in [0.05, 0.1) is 24.0 Å². The first-order chi connectivity index (χ1) is 13.7. The van der Waals surface area contributed by atoms with Crippen molar-refractivity contribution in [2.45, 2.75) is 71.1 Å². The van der Waals surface area contributed by atoms with E-state index in [-0.39, 0.29) is 11.3 Å². The number of hydrogen-bond acceptors (Lipinski definition) is 3. The molecule has 1 aromatic carbocycles. The minimum absolute atomic E-state index is 0.216. The number of aryl methyl sites for hydroxylation is 1. The number of fused-ring (bicyclic) bond motifs is 2. The van der Waals surface area contributed by atoms with Crippen molar-refractivity contribution in [2.75, 3.05) is 6.54 Å². The van der Waals surface area contributed by atoms with Crippen LogP contribution < -0.4 is 5.32 Å². The second kappa shape index (κ2) is 8.08. The van der Waals surface area contributed by atoms with Gasteiger partial charge in [-0.2, -0.15) is 0 Å². The fourth-order valence-electron chi connectivity index (χ4n) is 5.50. The molecule has 150 valence electrons. The lowest BCUT2D eigenvalue weighted by Gasteiger charge is -2.36. The molecule has 0 radical (unpaired) electrons. The fourth-order valence-corrected chi connectivity index (χ4v) is 5.50. The van der Waals surface area contributed by atoms with Crippen LogP contribution in [0.25, 0.3) is 0 Å². The van der Waals surface area contributed by atoms with Gasteiger partial charge in [0.2, 0.25) is 5.91 Å². The number of nitrogens with one attached hydrogen (secondary N) is 1. The summed E-state index contributed by atoms with van der Waals surface area (Å²) < 4.78 is 2.09. The van der Waals surface area contributed by atoms with Crippen molar-refractivity contribution in [3.05, 3.63) is 54.1 Å². The summed E-state index contributed by atoms with van der Waals surface area (Å²) in [5, 5.41) is 3.28. The van der Waals surface area contributed by atoms with Crippen molar-refractivity contribution in [3.8, 4) is 0 Å². The molecule has 3 heterocycles. The Bertz CT molecular complexity index is 802. The van der Waals surface area contributed by atoms with E-state index in [1.165, 1.54) is 12.0 Å². The summed E-state index contributed by atoms with van der Waals surface area (Å²) in [5.41, 5.74) is 2.01. The quantitative estimate of drug-likeness (QED) is 0.764. The second-order valence-electron chi connectivity index (χ2n) is 8.36. The zero-order valence-corrected chi connectivity index (χ0v) is 17.1. The lowest BCUT2D eigenvalue weighted by Crippen LogP contribution is -2.50. The number of imidazole rings is 1. The summed E-state index contributed by atoms with van der Waals surface area (Å²) in [4.78, 5) is 20.5. The molecule has 1 N–H and O–H groups in total. The third kappa shape index (κ3) is 3.37. The molecule has 2 aromatic rings. The molecule has 1 amide bonds. The summed E-state index contributed by atoms with van der Waals surface area (Å²) in [6.45, 7) is 6.86. The van der Waals surface area contributed by atoms with Crippen LogP contribution in [0.4, 0.5) is 0 Å². The van der Waals surface area contributed by atoms with Crippen LogP contribution in [-0.2, 0) is 24.3 Å². The van der Waals surface area contributed by atoms with E-state index in [4.69, 9.17) is 0 Å². The van der Waals surface area contributed by atoms with E-state index >= 15 is 0 Å². The minimum Gasteiger partial charge on any atom is -0.350 e.